The molecule has 0 fully saturated rings. The Morgan fingerprint density at radius 3 is 2.25 bits per heavy atom. The second kappa shape index (κ2) is 3.60. The van der Waals surface area contributed by atoms with Crippen molar-refractivity contribution >= 4 is 5.52 Å². The smallest absolute Gasteiger partial charge is 0.136 e. The van der Waals surface area contributed by atoms with Crippen molar-refractivity contribution in [2.45, 2.75) is 71.1 Å². The van der Waals surface area contributed by atoms with E-state index in [2.05, 4.69) is 58.5 Å². The van der Waals surface area contributed by atoms with Crippen LogP contribution in [0.1, 0.15) is 72.1 Å². The van der Waals surface area contributed by atoms with Crippen molar-refractivity contribution in [3.05, 3.63) is 23.5 Å². The Labute approximate surface area is 120 Å². The first-order valence-corrected chi connectivity index (χ1v) is 7.29. The van der Waals surface area contributed by atoms with Crippen LogP contribution < -0.4 is 0 Å². The van der Waals surface area contributed by atoms with Crippen LogP contribution in [0.25, 0.3) is 5.52 Å². The van der Waals surface area contributed by atoms with E-state index in [0.29, 0.717) is 0 Å². The van der Waals surface area contributed by atoms with Crippen LogP contribution >= 0.6 is 0 Å². The molecule has 108 valence electrons. The largest absolute Gasteiger partial charge is 0.237 e. The van der Waals surface area contributed by atoms with E-state index in [0.717, 1.165) is 29.1 Å². The van der Waals surface area contributed by atoms with E-state index in [-0.39, 0.29) is 16.2 Å². The van der Waals surface area contributed by atoms with Crippen LogP contribution in [0, 0.1) is 0 Å². The Bertz CT molecular complexity index is 686. The van der Waals surface area contributed by atoms with Gasteiger partial charge >= 0.3 is 0 Å². The first kappa shape index (κ1) is 13.5. The Kier molecular flexibility index (Phi) is 2.43. The van der Waals surface area contributed by atoms with Crippen molar-refractivity contribution in [3.8, 4) is 0 Å². The monoisotopic (exact) mass is 272 g/mol. The predicted molar refractivity (Wildman–Crippen MR) is 80.2 cm³/mol. The first-order chi connectivity index (χ1) is 9.04. The lowest BCUT2D eigenvalue weighted by atomic mass is 9.67. The molecule has 0 aliphatic heterocycles. The summed E-state index contributed by atoms with van der Waals surface area (Å²) in [5, 5.41) is 4.49. The summed E-state index contributed by atoms with van der Waals surface area (Å²) in [7, 11) is 0. The zero-order valence-corrected chi connectivity index (χ0v) is 13.6. The third-order valence-corrected chi connectivity index (χ3v) is 4.27. The van der Waals surface area contributed by atoms with Gasteiger partial charge in [-0.1, -0.05) is 48.5 Å². The summed E-state index contributed by atoms with van der Waals surface area (Å²) < 4.78 is 2.01. The van der Waals surface area contributed by atoms with E-state index >= 15 is 0 Å². The van der Waals surface area contributed by atoms with Crippen LogP contribution in [0.2, 0.25) is 0 Å². The van der Waals surface area contributed by atoms with E-state index in [1.807, 2.05) is 4.52 Å². The van der Waals surface area contributed by atoms with Crippen molar-refractivity contribution in [2.75, 3.05) is 0 Å². The van der Waals surface area contributed by atoms with E-state index in [1.54, 1.807) is 6.33 Å². The van der Waals surface area contributed by atoms with Crippen molar-refractivity contribution in [3.63, 3.8) is 0 Å². The van der Waals surface area contributed by atoms with Crippen LogP contribution in [-0.4, -0.2) is 19.6 Å². The van der Waals surface area contributed by atoms with E-state index < -0.39 is 0 Å². The number of hydrogen-bond acceptors (Lipinski definition) is 3. The molecule has 20 heavy (non-hydrogen) atoms. The second-order valence-electron chi connectivity index (χ2n) is 8.35. The van der Waals surface area contributed by atoms with Crippen LogP contribution in [0.15, 0.2) is 6.33 Å². The lowest BCUT2D eigenvalue weighted by Crippen LogP contribution is -2.35. The van der Waals surface area contributed by atoms with E-state index in [4.69, 9.17) is 4.98 Å². The number of hydrogen-bond donors (Lipinski definition) is 0. The van der Waals surface area contributed by atoms with Gasteiger partial charge < -0.3 is 0 Å². The van der Waals surface area contributed by atoms with E-state index in [9.17, 15) is 0 Å². The molecule has 0 radical (unpaired) electrons. The summed E-state index contributed by atoms with van der Waals surface area (Å²) in [5.41, 5.74) is 3.48. The van der Waals surface area contributed by atoms with Crippen molar-refractivity contribution in [2.24, 2.45) is 0 Å². The summed E-state index contributed by atoms with van der Waals surface area (Å²) in [6.07, 6.45) is 2.73. The Hall–Kier alpha value is -1.45. The first-order valence-electron chi connectivity index (χ1n) is 7.29. The van der Waals surface area contributed by atoms with Crippen molar-refractivity contribution < 1.29 is 0 Å². The van der Waals surface area contributed by atoms with Gasteiger partial charge in [0.15, 0.2) is 0 Å². The number of nitrogens with zero attached hydrogens (tertiary/aromatic N) is 4. The van der Waals surface area contributed by atoms with Gasteiger partial charge in [-0.15, -0.1) is 0 Å². The molecule has 4 heteroatoms. The highest BCUT2D eigenvalue weighted by atomic mass is 15.3. The van der Waals surface area contributed by atoms with Crippen LogP contribution in [0.4, 0.5) is 0 Å². The Morgan fingerprint density at radius 1 is 1.05 bits per heavy atom. The molecule has 0 bridgehead atoms. The van der Waals surface area contributed by atoms with Crippen molar-refractivity contribution in [1.29, 1.82) is 0 Å². The van der Waals surface area contributed by atoms with Crippen LogP contribution in [0.5, 0.6) is 0 Å². The maximum absolute atomic E-state index is 4.97. The highest BCUT2D eigenvalue weighted by Gasteiger charge is 2.43. The molecule has 0 saturated carbocycles. The average molecular weight is 272 g/mol. The molecule has 0 saturated heterocycles. The molecule has 0 unspecified atom stereocenters. The molecule has 0 amide bonds. The highest BCUT2D eigenvalue weighted by molar-refractivity contribution is 5.64. The Morgan fingerprint density at radius 2 is 1.65 bits per heavy atom. The quantitative estimate of drug-likeness (QED) is 0.738. The van der Waals surface area contributed by atoms with Crippen LogP contribution in [-0.2, 0) is 16.2 Å². The normalized spacial score (nSPS) is 20.4. The summed E-state index contributed by atoms with van der Waals surface area (Å²) in [6.45, 7) is 15.6. The fourth-order valence-corrected chi connectivity index (χ4v) is 3.66. The predicted octanol–water partition coefficient (Wildman–Crippen LogP) is 3.38. The molecule has 0 atom stereocenters. The fraction of sp³-hybridized carbons (Fsp3) is 0.688. The molecule has 2 aromatic rings. The van der Waals surface area contributed by atoms with Gasteiger partial charge in [-0.25, -0.2) is 14.5 Å². The van der Waals surface area contributed by atoms with Gasteiger partial charge in [0.2, 0.25) is 0 Å². The minimum Gasteiger partial charge on any atom is -0.237 e. The van der Waals surface area contributed by atoms with Gasteiger partial charge in [0.05, 0.1) is 11.4 Å². The van der Waals surface area contributed by atoms with Gasteiger partial charge in [0.25, 0.3) is 0 Å². The molecule has 2 heterocycles. The average Bonchev–Trinajstić information content (AvgIpc) is 2.65. The number of imidazole rings is 1. The third-order valence-electron chi connectivity index (χ3n) is 4.27. The van der Waals surface area contributed by atoms with Gasteiger partial charge in [-0.3, -0.25) is 0 Å². The molecule has 2 aromatic heterocycles. The fourth-order valence-electron chi connectivity index (χ4n) is 3.66. The van der Waals surface area contributed by atoms with Gasteiger partial charge in [0.1, 0.15) is 17.7 Å². The zero-order valence-electron chi connectivity index (χ0n) is 13.6. The van der Waals surface area contributed by atoms with E-state index in [1.165, 1.54) is 0 Å². The second-order valence-corrected chi connectivity index (χ2v) is 8.35. The molecule has 0 spiro atoms. The summed E-state index contributed by atoms with van der Waals surface area (Å²) >= 11 is 0. The standard InChI is InChI=1S/C16H24N4/c1-14(2,3)13-19-12-10-11(17-9-18-20(10)13)15(4,5)8-16(12,6)7/h9H,8H2,1-7H3. The molecule has 0 aromatic carbocycles. The zero-order chi connectivity index (χ0) is 14.9. The number of aromatic nitrogens is 4. The molecule has 3 rings (SSSR count). The summed E-state index contributed by atoms with van der Waals surface area (Å²) in [6, 6.07) is 0. The van der Waals surface area contributed by atoms with Gasteiger partial charge in [-0.2, -0.15) is 5.10 Å². The minimum atomic E-state index is -0.0304. The molecular formula is C16H24N4. The molecule has 1 aliphatic carbocycles. The molecule has 0 N–H and O–H groups in total. The number of rotatable bonds is 0. The summed E-state index contributed by atoms with van der Waals surface area (Å²) in [5.74, 6) is 1.02. The Balaban J connectivity index is 2.47. The molecular weight excluding hydrogens is 248 g/mol. The highest BCUT2D eigenvalue weighted by Crippen LogP contribution is 2.46. The van der Waals surface area contributed by atoms with Gasteiger partial charge in [-0.05, 0) is 6.42 Å². The lowest BCUT2D eigenvalue weighted by Gasteiger charge is -2.38. The summed E-state index contributed by atoms with van der Waals surface area (Å²) in [4.78, 5) is 9.55. The van der Waals surface area contributed by atoms with Crippen molar-refractivity contribution in [1.82, 2.24) is 19.6 Å². The lowest BCUT2D eigenvalue weighted by molar-refractivity contribution is 0.326. The molecule has 4 nitrogen and oxygen atoms in total. The van der Waals surface area contributed by atoms with Gasteiger partial charge in [0, 0.05) is 16.2 Å². The molecule has 1 aliphatic rings. The third kappa shape index (κ3) is 1.70. The maximum Gasteiger partial charge on any atom is 0.136 e. The van der Waals surface area contributed by atoms with Crippen LogP contribution in [0.3, 0.4) is 0 Å². The SMILES string of the molecule is CC(C)(C)c1nc2c3c(ncnn13)C(C)(C)CC2(C)C. The minimum absolute atomic E-state index is 0.0304. The topological polar surface area (TPSA) is 43.1 Å². The maximum atomic E-state index is 4.97.